The zero-order chi connectivity index (χ0) is 13.1. The lowest BCUT2D eigenvalue weighted by Gasteiger charge is -2.01. The quantitative estimate of drug-likeness (QED) is 0.685. The number of para-hydroxylation sites is 1. The van der Waals surface area contributed by atoms with Crippen LogP contribution in [0, 0.1) is 0 Å². The zero-order valence-corrected chi connectivity index (χ0v) is 10.8. The Kier molecular flexibility index (Phi) is 3.29. The van der Waals surface area contributed by atoms with Gasteiger partial charge >= 0.3 is 5.63 Å². The van der Waals surface area contributed by atoms with Crippen molar-refractivity contribution in [2.75, 3.05) is 0 Å². The first-order valence-corrected chi connectivity index (χ1v) is 6.73. The Bertz CT molecular complexity index is 756. The SMILES string of the molecule is O=c1oc(SCc2ccncc2)nc2ccccc12. The molecule has 0 atom stereocenters. The van der Waals surface area contributed by atoms with Crippen LogP contribution in [0.25, 0.3) is 10.9 Å². The fraction of sp³-hybridized carbons (Fsp3) is 0.0714. The molecule has 0 fully saturated rings. The molecule has 0 aliphatic heterocycles. The molecule has 0 bridgehead atoms. The number of nitrogens with zero attached hydrogens (tertiary/aromatic N) is 2. The minimum Gasteiger partial charge on any atom is -0.397 e. The van der Waals surface area contributed by atoms with Crippen LogP contribution in [0.1, 0.15) is 5.56 Å². The van der Waals surface area contributed by atoms with Gasteiger partial charge in [0.2, 0.25) is 0 Å². The molecule has 0 radical (unpaired) electrons. The Hall–Kier alpha value is -2.14. The van der Waals surface area contributed by atoms with Gasteiger partial charge < -0.3 is 4.42 Å². The standard InChI is InChI=1S/C14H10N2O2S/c17-13-11-3-1-2-4-12(11)16-14(18-13)19-9-10-5-7-15-8-6-10/h1-8H,9H2. The predicted octanol–water partition coefficient (Wildman–Crippen LogP) is 2.88. The Labute approximate surface area is 113 Å². The maximum absolute atomic E-state index is 11.8. The van der Waals surface area contributed by atoms with E-state index < -0.39 is 0 Å². The first-order valence-electron chi connectivity index (χ1n) is 5.74. The van der Waals surface area contributed by atoms with Crippen molar-refractivity contribution in [1.29, 1.82) is 0 Å². The molecule has 19 heavy (non-hydrogen) atoms. The maximum atomic E-state index is 11.8. The minimum absolute atomic E-state index is 0.345. The Morgan fingerprint density at radius 2 is 1.89 bits per heavy atom. The van der Waals surface area contributed by atoms with Crippen LogP contribution in [0.2, 0.25) is 0 Å². The summed E-state index contributed by atoms with van der Waals surface area (Å²) in [6.07, 6.45) is 3.47. The summed E-state index contributed by atoms with van der Waals surface area (Å²) in [5.41, 5.74) is 1.43. The molecular formula is C14H10N2O2S. The first kappa shape index (κ1) is 11.9. The van der Waals surface area contributed by atoms with Crippen LogP contribution >= 0.6 is 11.8 Å². The highest BCUT2D eigenvalue weighted by Gasteiger charge is 2.06. The van der Waals surface area contributed by atoms with E-state index in [0.717, 1.165) is 5.56 Å². The fourth-order valence-electron chi connectivity index (χ4n) is 1.69. The first-order chi connectivity index (χ1) is 9.33. The van der Waals surface area contributed by atoms with Crippen molar-refractivity contribution in [3.05, 3.63) is 64.8 Å². The van der Waals surface area contributed by atoms with E-state index in [2.05, 4.69) is 9.97 Å². The average Bonchev–Trinajstić information content (AvgIpc) is 2.46. The van der Waals surface area contributed by atoms with E-state index in [0.29, 0.717) is 21.9 Å². The van der Waals surface area contributed by atoms with Gasteiger partial charge in [-0.15, -0.1) is 0 Å². The summed E-state index contributed by atoms with van der Waals surface area (Å²) in [7, 11) is 0. The summed E-state index contributed by atoms with van der Waals surface area (Å²) in [5.74, 6) is 0.691. The van der Waals surface area contributed by atoms with E-state index in [1.54, 1.807) is 24.5 Å². The molecule has 0 spiro atoms. The fourth-order valence-corrected chi connectivity index (χ4v) is 2.47. The molecule has 5 heteroatoms. The molecule has 0 aliphatic rings. The number of rotatable bonds is 3. The van der Waals surface area contributed by atoms with Crippen molar-refractivity contribution < 1.29 is 4.42 Å². The van der Waals surface area contributed by atoms with Gasteiger partial charge in [-0.05, 0) is 29.8 Å². The topological polar surface area (TPSA) is 56.0 Å². The van der Waals surface area contributed by atoms with Crippen molar-refractivity contribution >= 4 is 22.7 Å². The van der Waals surface area contributed by atoms with Gasteiger partial charge in [0.05, 0.1) is 10.9 Å². The molecule has 3 rings (SSSR count). The second-order valence-electron chi connectivity index (χ2n) is 3.93. The number of fused-ring (bicyclic) bond motifs is 1. The molecule has 2 heterocycles. The van der Waals surface area contributed by atoms with E-state index in [-0.39, 0.29) is 5.63 Å². The van der Waals surface area contributed by atoms with Crippen molar-refractivity contribution in [2.24, 2.45) is 0 Å². The molecule has 0 aliphatic carbocycles. The molecule has 0 unspecified atom stereocenters. The molecule has 3 aromatic rings. The van der Waals surface area contributed by atoms with E-state index in [1.165, 1.54) is 11.8 Å². The van der Waals surface area contributed by atoms with E-state index in [1.807, 2.05) is 24.3 Å². The van der Waals surface area contributed by atoms with Crippen LogP contribution in [0.3, 0.4) is 0 Å². The van der Waals surface area contributed by atoms with E-state index >= 15 is 0 Å². The van der Waals surface area contributed by atoms with Gasteiger partial charge in [-0.1, -0.05) is 23.9 Å². The van der Waals surface area contributed by atoms with E-state index in [9.17, 15) is 4.79 Å². The van der Waals surface area contributed by atoms with Crippen molar-refractivity contribution in [1.82, 2.24) is 9.97 Å². The molecule has 94 valence electrons. The van der Waals surface area contributed by atoms with Gasteiger partial charge in [0.15, 0.2) is 0 Å². The number of thioether (sulfide) groups is 1. The normalized spacial score (nSPS) is 10.7. The third-order valence-electron chi connectivity index (χ3n) is 2.63. The molecule has 4 nitrogen and oxygen atoms in total. The number of aromatic nitrogens is 2. The van der Waals surface area contributed by atoms with Gasteiger partial charge in [0, 0.05) is 18.1 Å². The highest BCUT2D eigenvalue weighted by atomic mass is 32.2. The smallest absolute Gasteiger partial charge is 0.347 e. The van der Waals surface area contributed by atoms with Gasteiger partial charge in [-0.25, -0.2) is 9.78 Å². The van der Waals surface area contributed by atoms with Crippen LogP contribution in [0.15, 0.2) is 63.2 Å². The van der Waals surface area contributed by atoms with Gasteiger partial charge in [0.1, 0.15) is 0 Å². The van der Waals surface area contributed by atoms with Gasteiger partial charge in [0.25, 0.3) is 5.22 Å². The number of pyridine rings is 1. The summed E-state index contributed by atoms with van der Waals surface area (Å²) >= 11 is 1.40. The van der Waals surface area contributed by atoms with Crippen LogP contribution in [-0.2, 0) is 5.75 Å². The molecule has 2 aromatic heterocycles. The lowest BCUT2D eigenvalue weighted by atomic mass is 10.2. The largest absolute Gasteiger partial charge is 0.397 e. The number of benzene rings is 1. The Morgan fingerprint density at radius 1 is 1.11 bits per heavy atom. The average molecular weight is 270 g/mol. The number of hydrogen-bond donors (Lipinski definition) is 0. The Balaban J connectivity index is 1.88. The summed E-state index contributed by atoms with van der Waals surface area (Å²) in [6, 6.07) is 11.0. The lowest BCUT2D eigenvalue weighted by Crippen LogP contribution is -2.02. The van der Waals surface area contributed by atoms with Crippen LogP contribution in [-0.4, -0.2) is 9.97 Å². The molecule has 0 amide bonds. The molecular weight excluding hydrogens is 260 g/mol. The third kappa shape index (κ3) is 2.66. The zero-order valence-electron chi connectivity index (χ0n) is 9.95. The maximum Gasteiger partial charge on any atom is 0.347 e. The van der Waals surface area contributed by atoms with Crippen molar-refractivity contribution in [3.63, 3.8) is 0 Å². The molecule has 0 saturated carbocycles. The third-order valence-corrected chi connectivity index (χ3v) is 3.53. The van der Waals surface area contributed by atoms with Gasteiger partial charge in [-0.3, -0.25) is 4.98 Å². The highest BCUT2D eigenvalue weighted by molar-refractivity contribution is 7.98. The number of hydrogen-bond acceptors (Lipinski definition) is 5. The molecule has 0 saturated heterocycles. The lowest BCUT2D eigenvalue weighted by molar-refractivity contribution is 0.401. The van der Waals surface area contributed by atoms with E-state index in [4.69, 9.17) is 4.42 Å². The van der Waals surface area contributed by atoms with Crippen LogP contribution < -0.4 is 5.63 Å². The van der Waals surface area contributed by atoms with Crippen LogP contribution in [0.4, 0.5) is 0 Å². The summed E-state index contributed by atoms with van der Waals surface area (Å²) in [4.78, 5) is 20.1. The van der Waals surface area contributed by atoms with Crippen LogP contribution in [0.5, 0.6) is 0 Å². The molecule has 0 N–H and O–H groups in total. The minimum atomic E-state index is -0.345. The van der Waals surface area contributed by atoms with Crippen molar-refractivity contribution in [3.8, 4) is 0 Å². The summed E-state index contributed by atoms with van der Waals surface area (Å²) in [6.45, 7) is 0. The predicted molar refractivity (Wildman–Crippen MR) is 74.1 cm³/mol. The summed E-state index contributed by atoms with van der Waals surface area (Å²) in [5, 5.41) is 0.899. The second kappa shape index (κ2) is 5.24. The van der Waals surface area contributed by atoms with Gasteiger partial charge in [-0.2, -0.15) is 0 Å². The second-order valence-corrected chi connectivity index (χ2v) is 4.86. The highest BCUT2D eigenvalue weighted by Crippen LogP contribution is 2.21. The molecule has 1 aromatic carbocycles. The monoisotopic (exact) mass is 270 g/mol. The Morgan fingerprint density at radius 3 is 2.74 bits per heavy atom. The summed E-state index contributed by atoms with van der Waals surface area (Å²) < 4.78 is 5.19. The van der Waals surface area contributed by atoms with Crippen molar-refractivity contribution in [2.45, 2.75) is 11.0 Å².